The standard InChI is InChI=1S/C20H21ClN2O3S/c21-16-4-6-17(7-5-16)22-8-10-23(11-9-22)27(26)19-3-1-2-14-12-15(20(24)25)13-18(14)19/h1-7,15H,8-13H2,(H,24,25). The van der Waals surface area contributed by atoms with Crippen molar-refractivity contribution in [2.75, 3.05) is 31.1 Å². The number of anilines is 1. The van der Waals surface area contributed by atoms with Crippen LogP contribution in [-0.4, -0.2) is 46.1 Å². The second-order valence-electron chi connectivity index (χ2n) is 6.98. The van der Waals surface area contributed by atoms with Crippen LogP contribution in [0, 0.1) is 5.92 Å². The number of piperazine rings is 1. The maximum absolute atomic E-state index is 13.2. The number of hydrogen-bond acceptors (Lipinski definition) is 4. The summed E-state index contributed by atoms with van der Waals surface area (Å²) in [4.78, 5) is 14.4. The van der Waals surface area contributed by atoms with E-state index in [0.29, 0.717) is 25.9 Å². The molecule has 1 aliphatic carbocycles. The van der Waals surface area contributed by atoms with E-state index in [1.807, 2.05) is 46.8 Å². The van der Waals surface area contributed by atoms with E-state index < -0.39 is 23.2 Å². The summed E-state index contributed by atoms with van der Waals surface area (Å²) in [6.45, 7) is 2.98. The van der Waals surface area contributed by atoms with E-state index in [9.17, 15) is 14.5 Å². The van der Waals surface area contributed by atoms with Crippen molar-refractivity contribution in [3.05, 3.63) is 58.6 Å². The monoisotopic (exact) mass is 404 g/mol. The number of aliphatic carboxylic acids is 1. The third-order valence-corrected chi connectivity index (χ3v) is 7.19. The Morgan fingerprint density at radius 3 is 2.44 bits per heavy atom. The molecule has 1 saturated heterocycles. The molecule has 7 heteroatoms. The fourth-order valence-electron chi connectivity index (χ4n) is 3.86. The van der Waals surface area contributed by atoms with Gasteiger partial charge in [0, 0.05) is 29.4 Å². The fourth-order valence-corrected chi connectivity index (χ4v) is 5.38. The molecule has 2 atom stereocenters. The van der Waals surface area contributed by atoms with Crippen molar-refractivity contribution in [2.45, 2.75) is 17.7 Å². The van der Waals surface area contributed by atoms with Gasteiger partial charge in [-0.2, -0.15) is 0 Å². The van der Waals surface area contributed by atoms with Crippen LogP contribution in [0.3, 0.4) is 0 Å². The Labute approximate surface area is 166 Å². The van der Waals surface area contributed by atoms with Crippen LogP contribution in [0.1, 0.15) is 11.1 Å². The largest absolute Gasteiger partial charge is 0.593 e. The minimum absolute atomic E-state index is 0.403. The predicted molar refractivity (Wildman–Crippen MR) is 107 cm³/mol. The first-order valence-corrected chi connectivity index (χ1v) is 10.5. The number of carbonyl (C=O) groups is 1. The van der Waals surface area contributed by atoms with Crippen LogP contribution in [0.25, 0.3) is 0 Å². The molecule has 5 nitrogen and oxygen atoms in total. The van der Waals surface area contributed by atoms with Gasteiger partial charge in [0.05, 0.1) is 30.4 Å². The quantitative estimate of drug-likeness (QED) is 0.793. The highest BCUT2D eigenvalue weighted by molar-refractivity contribution is 7.89. The molecule has 0 spiro atoms. The minimum Gasteiger partial charge on any atom is -0.593 e. The number of fused-ring (bicyclic) bond motifs is 1. The van der Waals surface area contributed by atoms with Crippen molar-refractivity contribution in [2.24, 2.45) is 5.92 Å². The Bertz CT molecular complexity index is 838. The Hall–Kier alpha value is -1.73. The molecule has 0 amide bonds. The third-order valence-electron chi connectivity index (χ3n) is 5.35. The molecule has 1 heterocycles. The summed E-state index contributed by atoms with van der Waals surface area (Å²) >= 11 is 4.69. The van der Waals surface area contributed by atoms with Crippen molar-refractivity contribution < 1.29 is 14.5 Å². The van der Waals surface area contributed by atoms with E-state index >= 15 is 0 Å². The Kier molecular flexibility index (Phi) is 5.32. The summed E-state index contributed by atoms with van der Waals surface area (Å²) in [5.41, 5.74) is 3.10. The number of rotatable bonds is 4. The Morgan fingerprint density at radius 2 is 1.78 bits per heavy atom. The lowest BCUT2D eigenvalue weighted by atomic mass is 10.1. The van der Waals surface area contributed by atoms with Crippen molar-refractivity contribution in [3.63, 3.8) is 0 Å². The maximum Gasteiger partial charge on any atom is 0.307 e. The molecule has 2 aliphatic rings. The molecule has 0 radical (unpaired) electrons. The van der Waals surface area contributed by atoms with E-state index in [0.717, 1.165) is 39.8 Å². The normalized spacial score (nSPS) is 21.1. The van der Waals surface area contributed by atoms with Gasteiger partial charge in [-0.1, -0.05) is 23.7 Å². The molecule has 27 heavy (non-hydrogen) atoms. The molecule has 1 aliphatic heterocycles. The van der Waals surface area contributed by atoms with Gasteiger partial charge in [-0.3, -0.25) is 4.79 Å². The van der Waals surface area contributed by atoms with Crippen LogP contribution < -0.4 is 4.90 Å². The Balaban J connectivity index is 1.45. The van der Waals surface area contributed by atoms with Gasteiger partial charge in [-0.05, 0) is 48.7 Å². The molecule has 0 bridgehead atoms. The summed E-state index contributed by atoms with van der Waals surface area (Å²) in [5.74, 6) is -1.18. The number of halogens is 1. The third kappa shape index (κ3) is 3.80. The molecule has 2 aromatic carbocycles. The van der Waals surface area contributed by atoms with Gasteiger partial charge in [-0.15, -0.1) is 4.31 Å². The molecule has 0 aromatic heterocycles. The topological polar surface area (TPSA) is 66.8 Å². The molecule has 0 saturated carbocycles. The van der Waals surface area contributed by atoms with Crippen LogP contribution in [0.5, 0.6) is 0 Å². The first-order valence-electron chi connectivity index (χ1n) is 9.04. The lowest BCUT2D eigenvalue weighted by Crippen LogP contribution is -2.48. The maximum atomic E-state index is 13.2. The predicted octanol–water partition coefficient (Wildman–Crippen LogP) is 2.98. The number of hydrogen-bond donors (Lipinski definition) is 1. The zero-order chi connectivity index (χ0) is 19.0. The fraction of sp³-hybridized carbons (Fsp3) is 0.350. The molecule has 2 aromatic rings. The van der Waals surface area contributed by atoms with Crippen LogP contribution >= 0.6 is 11.6 Å². The summed E-state index contributed by atoms with van der Waals surface area (Å²) in [6.07, 6.45) is 0.997. The Morgan fingerprint density at radius 1 is 1.07 bits per heavy atom. The van der Waals surface area contributed by atoms with Gasteiger partial charge in [0.1, 0.15) is 0 Å². The highest BCUT2D eigenvalue weighted by Crippen LogP contribution is 2.33. The highest BCUT2D eigenvalue weighted by atomic mass is 35.5. The van der Waals surface area contributed by atoms with Crippen LogP contribution in [0.15, 0.2) is 47.4 Å². The number of carboxylic acid groups (broad SMARTS) is 1. The van der Waals surface area contributed by atoms with Crippen molar-refractivity contribution in [1.29, 1.82) is 0 Å². The highest BCUT2D eigenvalue weighted by Gasteiger charge is 2.35. The first-order chi connectivity index (χ1) is 13.0. The second-order valence-corrected chi connectivity index (χ2v) is 8.87. The second kappa shape index (κ2) is 7.72. The SMILES string of the molecule is O=C(O)C1Cc2cccc([S+]([O-])N3CCN(c4ccc(Cl)cc4)CC3)c2C1. The van der Waals surface area contributed by atoms with Crippen LogP contribution in [-0.2, 0) is 29.0 Å². The first kappa shape index (κ1) is 18.6. The average molecular weight is 405 g/mol. The number of benzene rings is 2. The molecular weight excluding hydrogens is 384 g/mol. The van der Waals surface area contributed by atoms with Crippen molar-refractivity contribution >= 4 is 34.6 Å². The number of nitrogens with zero attached hydrogens (tertiary/aromatic N) is 2. The summed E-state index contributed by atoms with van der Waals surface area (Å²) < 4.78 is 15.2. The van der Waals surface area contributed by atoms with Gasteiger partial charge in [0.2, 0.25) is 0 Å². The summed E-state index contributed by atoms with van der Waals surface area (Å²) in [7, 11) is 0. The summed E-state index contributed by atoms with van der Waals surface area (Å²) in [5, 5.41) is 10.0. The zero-order valence-corrected chi connectivity index (χ0v) is 16.4. The lowest BCUT2D eigenvalue weighted by Gasteiger charge is -2.35. The van der Waals surface area contributed by atoms with Gasteiger partial charge in [0.25, 0.3) is 0 Å². The lowest BCUT2D eigenvalue weighted by molar-refractivity contribution is -0.141. The van der Waals surface area contributed by atoms with Gasteiger partial charge in [-0.25, -0.2) is 0 Å². The van der Waals surface area contributed by atoms with E-state index in [1.165, 1.54) is 0 Å². The zero-order valence-electron chi connectivity index (χ0n) is 14.8. The van der Waals surface area contributed by atoms with Crippen LogP contribution in [0.4, 0.5) is 5.69 Å². The van der Waals surface area contributed by atoms with Gasteiger partial charge < -0.3 is 14.6 Å². The molecule has 1 N–H and O–H groups in total. The van der Waals surface area contributed by atoms with Gasteiger partial charge in [0.15, 0.2) is 4.90 Å². The van der Waals surface area contributed by atoms with E-state index in [2.05, 4.69) is 4.90 Å². The molecular formula is C20H21ClN2O3S. The van der Waals surface area contributed by atoms with Crippen LogP contribution in [0.2, 0.25) is 5.02 Å². The molecule has 2 unspecified atom stereocenters. The van der Waals surface area contributed by atoms with Crippen molar-refractivity contribution in [1.82, 2.24) is 4.31 Å². The van der Waals surface area contributed by atoms with Gasteiger partial charge >= 0.3 is 5.97 Å². The number of carboxylic acids is 1. The minimum atomic E-state index is -1.26. The van der Waals surface area contributed by atoms with E-state index in [4.69, 9.17) is 11.6 Å². The smallest absolute Gasteiger partial charge is 0.307 e. The molecule has 142 valence electrons. The van der Waals surface area contributed by atoms with E-state index in [-0.39, 0.29) is 0 Å². The van der Waals surface area contributed by atoms with Crippen molar-refractivity contribution in [3.8, 4) is 0 Å². The molecule has 4 rings (SSSR count). The summed E-state index contributed by atoms with van der Waals surface area (Å²) in [6, 6.07) is 13.5. The van der Waals surface area contributed by atoms with E-state index in [1.54, 1.807) is 0 Å². The average Bonchev–Trinajstić information content (AvgIpc) is 3.13. The molecule has 1 fully saturated rings.